The highest BCUT2D eigenvalue weighted by molar-refractivity contribution is 5.74. The molecule has 0 aromatic carbocycles. The average Bonchev–Trinajstić information content (AvgIpc) is 2.76. The average molecular weight is 254 g/mol. The fourth-order valence-electron chi connectivity index (χ4n) is 2.02. The molecule has 0 aliphatic heterocycles. The number of hydrogen-bond donors (Lipinski definition) is 1. The van der Waals surface area contributed by atoms with Gasteiger partial charge in [-0.2, -0.15) is 0 Å². The normalized spacial score (nSPS) is 10.8. The molecule has 0 amide bonds. The molecule has 0 bridgehead atoms. The van der Waals surface area contributed by atoms with Crippen molar-refractivity contribution in [2.45, 2.75) is 6.92 Å². The van der Waals surface area contributed by atoms with Crippen LogP contribution in [0, 0.1) is 6.92 Å². The quantitative estimate of drug-likeness (QED) is 0.762. The van der Waals surface area contributed by atoms with Crippen LogP contribution in [0.25, 0.3) is 16.9 Å². The van der Waals surface area contributed by atoms with Gasteiger partial charge in [0.25, 0.3) is 0 Å². The molecule has 0 atom stereocenters. The highest BCUT2D eigenvalue weighted by Crippen LogP contribution is 2.26. The van der Waals surface area contributed by atoms with Crippen LogP contribution in [-0.4, -0.2) is 21.5 Å². The predicted molar refractivity (Wildman–Crippen MR) is 74.1 cm³/mol. The summed E-state index contributed by atoms with van der Waals surface area (Å²) in [7, 11) is 1.59. The largest absolute Gasteiger partial charge is 0.481 e. The molecule has 0 spiro atoms. The maximum absolute atomic E-state index is 6.15. The lowest BCUT2D eigenvalue weighted by Crippen LogP contribution is -1.95. The van der Waals surface area contributed by atoms with Crippen molar-refractivity contribution < 1.29 is 4.74 Å². The van der Waals surface area contributed by atoms with Gasteiger partial charge in [0.1, 0.15) is 17.2 Å². The summed E-state index contributed by atoms with van der Waals surface area (Å²) in [6.07, 6.45) is 3.68. The van der Waals surface area contributed by atoms with Gasteiger partial charge in [0.2, 0.25) is 5.88 Å². The number of aryl methyl sites for hydroxylation is 1. The van der Waals surface area contributed by atoms with Gasteiger partial charge in [0, 0.05) is 24.0 Å². The van der Waals surface area contributed by atoms with E-state index in [-0.39, 0.29) is 0 Å². The van der Waals surface area contributed by atoms with Crippen molar-refractivity contribution >= 4 is 11.5 Å². The second-order valence-corrected chi connectivity index (χ2v) is 4.37. The zero-order valence-electron chi connectivity index (χ0n) is 10.8. The number of nitrogens with two attached hydrogens (primary N) is 1. The van der Waals surface area contributed by atoms with Crippen LogP contribution in [0.4, 0.5) is 5.82 Å². The molecule has 3 aromatic heterocycles. The van der Waals surface area contributed by atoms with Gasteiger partial charge in [0.15, 0.2) is 0 Å². The number of anilines is 1. The van der Waals surface area contributed by atoms with Crippen LogP contribution < -0.4 is 10.5 Å². The number of fused-ring (bicyclic) bond motifs is 1. The maximum Gasteiger partial charge on any atom is 0.212 e. The minimum atomic E-state index is 0.571. The zero-order chi connectivity index (χ0) is 13.4. The molecule has 3 rings (SSSR count). The molecular weight excluding hydrogens is 240 g/mol. The summed E-state index contributed by atoms with van der Waals surface area (Å²) in [4.78, 5) is 8.71. The fourth-order valence-corrected chi connectivity index (χ4v) is 2.02. The molecule has 0 aliphatic carbocycles. The van der Waals surface area contributed by atoms with Crippen LogP contribution in [0.1, 0.15) is 5.56 Å². The molecule has 96 valence electrons. The van der Waals surface area contributed by atoms with Crippen molar-refractivity contribution in [2.75, 3.05) is 12.8 Å². The van der Waals surface area contributed by atoms with Gasteiger partial charge in [-0.1, -0.05) is 6.07 Å². The molecule has 2 N–H and O–H groups in total. The number of rotatable bonds is 2. The Morgan fingerprint density at radius 3 is 2.74 bits per heavy atom. The van der Waals surface area contributed by atoms with E-state index in [9.17, 15) is 0 Å². The Labute approximate surface area is 110 Å². The molecule has 0 saturated heterocycles. The van der Waals surface area contributed by atoms with Crippen LogP contribution in [0.5, 0.6) is 5.88 Å². The summed E-state index contributed by atoms with van der Waals surface area (Å²) in [6, 6.07) is 7.66. The summed E-state index contributed by atoms with van der Waals surface area (Å²) < 4.78 is 6.93. The number of aromatic nitrogens is 3. The predicted octanol–water partition coefficient (Wildman–Crippen LogP) is 2.30. The van der Waals surface area contributed by atoms with Crippen LogP contribution >= 0.6 is 0 Å². The second-order valence-electron chi connectivity index (χ2n) is 4.37. The number of nitrogens with zero attached hydrogens (tertiary/aromatic N) is 3. The summed E-state index contributed by atoms with van der Waals surface area (Å²) in [6.45, 7) is 2.02. The first-order chi connectivity index (χ1) is 9.19. The smallest absolute Gasteiger partial charge is 0.212 e. The van der Waals surface area contributed by atoms with Gasteiger partial charge in [-0.05, 0) is 24.6 Å². The number of hydrogen-bond acceptors (Lipinski definition) is 4. The standard InChI is InChI=1S/C14H14N4O/c1-9-3-5-11-17-13(14(15)18(11)8-9)10-4-6-12(19-2)16-7-10/h3-8H,15H2,1-2H3. The second kappa shape index (κ2) is 4.28. The van der Waals surface area contributed by atoms with Crippen molar-refractivity contribution in [3.8, 4) is 17.1 Å². The van der Waals surface area contributed by atoms with Gasteiger partial charge in [-0.15, -0.1) is 0 Å². The molecule has 0 radical (unpaired) electrons. The van der Waals surface area contributed by atoms with E-state index in [1.807, 2.05) is 35.7 Å². The van der Waals surface area contributed by atoms with Crippen LogP contribution in [0.2, 0.25) is 0 Å². The monoisotopic (exact) mass is 254 g/mol. The molecule has 3 aromatic rings. The Morgan fingerprint density at radius 2 is 2.05 bits per heavy atom. The van der Waals surface area contributed by atoms with Crippen molar-refractivity contribution in [1.29, 1.82) is 0 Å². The first-order valence-electron chi connectivity index (χ1n) is 5.93. The minimum absolute atomic E-state index is 0.571. The van der Waals surface area contributed by atoms with Crippen LogP contribution in [0.15, 0.2) is 36.7 Å². The van der Waals surface area contributed by atoms with E-state index >= 15 is 0 Å². The van der Waals surface area contributed by atoms with E-state index in [4.69, 9.17) is 10.5 Å². The van der Waals surface area contributed by atoms with Gasteiger partial charge in [-0.25, -0.2) is 9.97 Å². The summed E-state index contributed by atoms with van der Waals surface area (Å²) in [5.41, 5.74) is 9.73. The van der Waals surface area contributed by atoms with E-state index in [1.165, 1.54) is 0 Å². The van der Waals surface area contributed by atoms with E-state index in [2.05, 4.69) is 9.97 Å². The van der Waals surface area contributed by atoms with Gasteiger partial charge < -0.3 is 10.5 Å². The molecule has 3 heterocycles. The Bertz CT molecular complexity index is 731. The highest BCUT2D eigenvalue weighted by Gasteiger charge is 2.11. The lowest BCUT2D eigenvalue weighted by Gasteiger charge is -2.01. The van der Waals surface area contributed by atoms with E-state index in [0.717, 1.165) is 22.5 Å². The summed E-state index contributed by atoms with van der Waals surface area (Å²) >= 11 is 0. The lowest BCUT2D eigenvalue weighted by atomic mass is 10.2. The van der Waals surface area contributed by atoms with Crippen LogP contribution in [-0.2, 0) is 0 Å². The molecule has 5 nitrogen and oxygen atoms in total. The Balaban J connectivity index is 2.16. The van der Waals surface area contributed by atoms with E-state index in [0.29, 0.717) is 11.7 Å². The fraction of sp³-hybridized carbons (Fsp3) is 0.143. The first kappa shape index (κ1) is 11.5. The highest BCUT2D eigenvalue weighted by atomic mass is 16.5. The van der Waals surface area contributed by atoms with Gasteiger partial charge >= 0.3 is 0 Å². The third-order valence-electron chi connectivity index (χ3n) is 3.02. The van der Waals surface area contributed by atoms with Crippen molar-refractivity contribution in [1.82, 2.24) is 14.4 Å². The molecule has 5 heteroatoms. The maximum atomic E-state index is 6.15. The van der Waals surface area contributed by atoms with E-state index < -0.39 is 0 Å². The Kier molecular flexibility index (Phi) is 2.59. The minimum Gasteiger partial charge on any atom is -0.481 e. The molecule has 0 aliphatic rings. The van der Waals surface area contributed by atoms with E-state index in [1.54, 1.807) is 19.4 Å². The zero-order valence-corrected chi connectivity index (χ0v) is 10.8. The number of ether oxygens (including phenoxy) is 1. The summed E-state index contributed by atoms with van der Waals surface area (Å²) in [5, 5.41) is 0. The first-order valence-corrected chi connectivity index (χ1v) is 5.93. The Morgan fingerprint density at radius 1 is 1.21 bits per heavy atom. The number of nitrogen functional groups attached to an aromatic ring is 1. The molecule has 0 unspecified atom stereocenters. The molecule has 19 heavy (non-hydrogen) atoms. The van der Waals surface area contributed by atoms with Gasteiger partial charge in [-0.3, -0.25) is 4.40 Å². The lowest BCUT2D eigenvalue weighted by molar-refractivity contribution is 0.398. The Hall–Kier alpha value is -2.56. The summed E-state index contributed by atoms with van der Waals surface area (Å²) in [5.74, 6) is 1.19. The third-order valence-corrected chi connectivity index (χ3v) is 3.02. The third kappa shape index (κ3) is 1.89. The molecular formula is C14H14N4O. The molecule has 0 fully saturated rings. The molecule has 0 saturated carbocycles. The van der Waals surface area contributed by atoms with Crippen molar-refractivity contribution in [3.63, 3.8) is 0 Å². The van der Waals surface area contributed by atoms with Crippen molar-refractivity contribution in [2.24, 2.45) is 0 Å². The number of pyridine rings is 2. The number of imidazole rings is 1. The topological polar surface area (TPSA) is 65.4 Å². The SMILES string of the molecule is COc1ccc(-c2nc3ccc(C)cn3c2N)cn1. The number of methoxy groups -OCH3 is 1. The van der Waals surface area contributed by atoms with Gasteiger partial charge in [0.05, 0.1) is 7.11 Å². The van der Waals surface area contributed by atoms with Crippen LogP contribution in [0.3, 0.4) is 0 Å². The van der Waals surface area contributed by atoms with Crippen molar-refractivity contribution in [3.05, 3.63) is 42.2 Å².